The maximum Gasteiger partial charge on any atom is 0.351 e. The number of halogens is 2. The first-order chi connectivity index (χ1) is 16.5. The van der Waals surface area contributed by atoms with Gasteiger partial charge in [-0.25, -0.2) is 14.2 Å². The van der Waals surface area contributed by atoms with Gasteiger partial charge in [0.25, 0.3) is 0 Å². The Labute approximate surface area is 208 Å². The lowest BCUT2D eigenvalue weighted by atomic mass is 9.97. The van der Waals surface area contributed by atoms with E-state index in [0.29, 0.717) is 43.0 Å². The molecule has 0 aliphatic carbocycles. The van der Waals surface area contributed by atoms with E-state index in [-0.39, 0.29) is 33.6 Å². The van der Waals surface area contributed by atoms with Crippen molar-refractivity contribution in [2.75, 3.05) is 24.5 Å². The number of hydrogen-bond donors (Lipinski definition) is 0. The second kappa shape index (κ2) is 9.41. The molecule has 0 N–H and O–H groups in total. The Morgan fingerprint density at radius 3 is 2.60 bits per heavy atom. The summed E-state index contributed by atoms with van der Waals surface area (Å²) in [6, 6.07) is 7.88. The first-order valence-electron chi connectivity index (χ1n) is 11.5. The molecule has 0 radical (unpaired) electrons. The van der Waals surface area contributed by atoms with E-state index in [4.69, 9.17) is 16.6 Å². The van der Waals surface area contributed by atoms with E-state index in [9.17, 15) is 14.0 Å². The summed E-state index contributed by atoms with van der Waals surface area (Å²) in [7, 11) is 0. The Morgan fingerprint density at radius 1 is 1.26 bits per heavy atom. The fourth-order valence-electron chi connectivity index (χ4n) is 4.43. The summed E-state index contributed by atoms with van der Waals surface area (Å²) < 4.78 is 16.2. The van der Waals surface area contributed by atoms with E-state index < -0.39 is 11.5 Å². The highest BCUT2D eigenvalue weighted by molar-refractivity contribution is 6.33. The largest absolute Gasteiger partial charge is 0.351 e. The molecule has 9 heteroatoms. The predicted octanol–water partition coefficient (Wildman–Crippen LogP) is 4.52. The van der Waals surface area contributed by atoms with Gasteiger partial charge < -0.3 is 9.80 Å². The van der Waals surface area contributed by atoms with Crippen molar-refractivity contribution in [2.24, 2.45) is 5.41 Å². The topological polar surface area (TPSA) is 71.3 Å². The number of piperazine rings is 1. The highest BCUT2D eigenvalue weighted by Gasteiger charge is 2.30. The van der Waals surface area contributed by atoms with E-state index in [2.05, 4.69) is 11.6 Å². The molecule has 3 heterocycles. The van der Waals surface area contributed by atoms with Crippen molar-refractivity contribution in [2.45, 2.75) is 40.3 Å². The van der Waals surface area contributed by atoms with Gasteiger partial charge in [-0.3, -0.25) is 9.36 Å². The second-order valence-electron chi connectivity index (χ2n) is 10.1. The number of nitrogens with zero attached hydrogens (tertiary/aromatic N) is 5. The Hall–Kier alpha value is -3.26. The summed E-state index contributed by atoms with van der Waals surface area (Å²) in [6.07, 6.45) is 1.30. The molecule has 2 aromatic heterocycles. The number of hydrogen-bond acceptors (Lipinski definition) is 5. The number of anilines is 1. The van der Waals surface area contributed by atoms with Crippen LogP contribution in [-0.2, 0) is 11.3 Å². The van der Waals surface area contributed by atoms with Gasteiger partial charge in [0, 0.05) is 37.8 Å². The lowest BCUT2D eigenvalue weighted by molar-refractivity contribution is -0.126. The fraction of sp³-hybridized carbons (Fsp3) is 0.385. The van der Waals surface area contributed by atoms with Crippen LogP contribution < -0.4 is 10.6 Å². The van der Waals surface area contributed by atoms with Crippen molar-refractivity contribution in [3.63, 3.8) is 0 Å². The van der Waals surface area contributed by atoms with Gasteiger partial charge >= 0.3 is 5.69 Å². The molecule has 1 fully saturated rings. The van der Waals surface area contributed by atoms with Gasteiger partial charge in [-0.05, 0) is 36.6 Å². The number of amides is 1. The van der Waals surface area contributed by atoms with Crippen LogP contribution in [0.25, 0.3) is 22.3 Å². The number of carbonyl (C=O) groups excluding carboxylic acids is 1. The van der Waals surface area contributed by atoms with E-state index in [1.54, 1.807) is 29.2 Å². The lowest BCUT2D eigenvalue weighted by Gasteiger charge is -2.40. The molecule has 1 unspecified atom stereocenters. The molecule has 0 saturated carbocycles. The van der Waals surface area contributed by atoms with Gasteiger partial charge in [-0.15, -0.1) is 0 Å². The quantitative estimate of drug-likeness (QED) is 0.496. The molecule has 0 spiro atoms. The number of pyridine rings is 1. The number of aromatic nitrogens is 3. The van der Waals surface area contributed by atoms with Gasteiger partial charge in [0.1, 0.15) is 17.3 Å². The summed E-state index contributed by atoms with van der Waals surface area (Å²) in [5.41, 5.74) is 0.259. The molecule has 3 aromatic rings. The van der Waals surface area contributed by atoms with Crippen molar-refractivity contribution in [1.29, 1.82) is 0 Å². The summed E-state index contributed by atoms with van der Waals surface area (Å²) in [6.45, 7) is 13.4. The number of carbonyl (C=O) groups is 1. The minimum atomic E-state index is -0.447. The average molecular weight is 498 g/mol. The molecule has 184 valence electrons. The first-order valence-corrected chi connectivity index (χ1v) is 11.9. The van der Waals surface area contributed by atoms with E-state index in [1.807, 2.05) is 32.6 Å². The average Bonchev–Trinajstić information content (AvgIpc) is 2.80. The maximum atomic E-state index is 14.6. The van der Waals surface area contributed by atoms with Gasteiger partial charge in [-0.1, -0.05) is 51.1 Å². The van der Waals surface area contributed by atoms with E-state index in [1.165, 1.54) is 16.7 Å². The van der Waals surface area contributed by atoms with Gasteiger partial charge in [-0.2, -0.15) is 4.98 Å². The molecule has 1 aliphatic rings. The summed E-state index contributed by atoms with van der Waals surface area (Å²) >= 11 is 6.64. The molecular formula is C26H29ClFN5O2. The third-order valence-corrected chi connectivity index (χ3v) is 6.32. The Bertz CT molecular complexity index is 1360. The van der Waals surface area contributed by atoms with Gasteiger partial charge in [0.15, 0.2) is 0 Å². The van der Waals surface area contributed by atoms with Crippen molar-refractivity contribution in [3.8, 4) is 11.3 Å². The number of benzene rings is 1. The third-order valence-electron chi connectivity index (χ3n) is 6.03. The predicted molar refractivity (Wildman–Crippen MR) is 137 cm³/mol. The summed E-state index contributed by atoms with van der Waals surface area (Å²) in [5, 5.41) is 0.869. The molecule has 0 bridgehead atoms. The lowest BCUT2D eigenvalue weighted by Crippen LogP contribution is -2.54. The van der Waals surface area contributed by atoms with Crippen LogP contribution in [0.2, 0.25) is 5.02 Å². The van der Waals surface area contributed by atoms with Crippen LogP contribution in [0, 0.1) is 11.2 Å². The van der Waals surface area contributed by atoms with Crippen LogP contribution in [0.5, 0.6) is 0 Å². The smallest absolute Gasteiger partial charge is 0.350 e. The van der Waals surface area contributed by atoms with Crippen molar-refractivity contribution < 1.29 is 9.18 Å². The van der Waals surface area contributed by atoms with Gasteiger partial charge in [0.2, 0.25) is 5.91 Å². The minimum absolute atomic E-state index is 0.105. The normalized spacial score (nSPS) is 16.6. The van der Waals surface area contributed by atoms with Crippen molar-refractivity contribution in [3.05, 3.63) is 64.3 Å². The molecule has 1 saturated heterocycles. The van der Waals surface area contributed by atoms with Crippen LogP contribution in [0.1, 0.15) is 27.7 Å². The molecule has 4 rings (SSSR count). The Balaban J connectivity index is 1.92. The highest BCUT2D eigenvalue weighted by atomic mass is 35.5. The highest BCUT2D eigenvalue weighted by Crippen LogP contribution is 2.35. The zero-order valence-electron chi connectivity index (χ0n) is 20.4. The summed E-state index contributed by atoms with van der Waals surface area (Å²) in [5.74, 6) is -0.117. The molecule has 1 aromatic carbocycles. The zero-order chi connectivity index (χ0) is 25.5. The number of rotatable bonds is 4. The van der Waals surface area contributed by atoms with Crippen molar-refractivity contribution in [1.82, 2.24) is 19.4 Å². The standard InChI is InChI=1S/C26H29ClFN5O2/c1-6-21(34)31-11-12-32(16(2)14-31)24-18-13-19(27)22(17-9-7-8-10-20(17)28)29-23(18)33(25(35)30-24)15-26(3,4)5/h6-10,13,16H,1,11-12,14-15H2,2-5H3. The van der Waals surface area contributed by atoms with Gasteiger partial charge in [0.05, 0.1) is 16.1 Å². The molecule has 35 heavy (non-hydrogen) atoms. The van der Waals surface area contributed by atoms with E-state index >= 15 is 0 Å². The Morgan fingerprint density at radius 2 is 1.97 bits per heavy atom. The van der Waals surface area contributed by atoms with Crippen LogP contribution in [0.15, 0.2) is 47.8 Å². The molecular weight excluding hydrogens is 469 g/mol. The monoisotopic (exact) mass is 497 g/mol. The maximum absolute atomic E-state index is 14.6. The van der Waals surface area contributed by atoms with Crippen LogP contribution in [0.4, 0.5) is 10.2 Å². The minimum Gasteiger partial charge on any atom is -0.350 e. The van der Waals surface area contributed by atoms with Crippen molar-refractivity contribution >= 4 is 34.4 Å². The molecule has 7 nitrogen and oxygen atoms in total. The Kier molecular flexibility index (Phi) is 6.68. The number of fused-ring (bicyclic) bond motifs is 1. The SMILES string of the molecule is C=CC(=O)N1CCN(c2nc(=O)n(CC(C)(C)C)c3nc(-c4ccccc4F)c(Cl)cc23)C(C)C1. The molecule has 1 amide bonds. The zero-order valence-corrected chi connectivity index (χ0v) is 21.1. The summed E-state index contributed by atoms with van der Waals surface area (Å²) in [4.78, 5) is 38.3. The van der Waals surface area contributed by atoms with Crippen LogP contribution >= 0.6 is 11.6 Å². The fourth-order valence-corrected chi connectivity index (χ4v) is 4.68. The van der Waals surface area contributed by atoms with Crippen LogP contribution in [0.3, 0.4) is 0 Å². The molecule has 1 aliphatic heterocycles. The molecule has 1 atom stereocenters. The third kappa shape index (κ3) is 4.93. The van der Waals surface area contributed by atoms with E-state index in [0.717, 1.165) is 0 Å². The van der Waals surface area contributed by atoms with Crippen LogP contribution in [-0.4, -0.2) is 51.0 Å². The second-order valence-corrected chi connectivity index (χ2v) is 10.5. The first kappa shape index (κ1) is 24.9.